The first-order valence-electron chi connectivity index (χ1n) is 8.59. The summed E-state index contributed by atoms with van der Waals surface area (Å²) in [6, 6.07) is 5.02. The van der Waals surface area contributed by atoms with Crippen LogP contribution in [0.25, 0.3) is 0 Å². The van der Waals surface area contributed by atoms with Crippen molar-refractivity contribution >= 4 is 23.4 Å². The molecule has 1 saturated carbocycles. The summed E-state index contributed by atoms with van der Waals surface area (Å²) in [6.45, 7) is -0.287. The van der Waals surface area contributed by atoms with Gasteiger partial charge in [0.1, 0.15) is 18.0 Å². The van der Waals surface area contributed by atoms with E-state index < -0.39 is 5.91 Å². The lowest BCUT2D eigenvalue weighted by Crippen LogP contribution is -2.39. The molecule has 1 N–H and O–H groups in total. The zero-order chi connectivity index (χ0) is 18.4. The maximum Gasteiger partial charge on any atom is 0.244 e. The molecule has 2 fully saturated rings. The van der Waals surface area contributed by atoms with Crippen molar-refractivity contribution in [1.29, 1.82) is 0 Å². The second kappa shape index (κ2) is 6.16. The van der Waals surface area contributed by atoms with Gasteiger partial charge in [-0.15, -0.1) is 0 Å². The summed E-state index contributed by atoms with van der Waals surface area (Å²) in [6.07, 6.45) is 4.93. The van der Waals surface area contributed by atoms with E-state index in [9.17, 15) is 14.4 Å². The highest BCUT2D eigenvalue weighted by Gasteiger charge is 2.59. The minimum absolute atomic E-state index is 0.132. The summed E-state index contributed by atoms with van der Waals surface area (Å²) in [5.74, 6) is -0.203. The number of hydrogen-bond donors (Lipinski definition) is 1. The molecule has 2 aliphatic carbocycles. The molecule has 26 heavy (non-hydrogen) atoms. The van der Waals surface area contributed by atoms with Crippen LogP contribution in [0.1, 0.15) is 6.42 Å². The minimum Gasteiger partial charge on any atom is -0.497 e. The van der Waals surface area contributed by atoms with Crippen molar-refractivity contribution in [3.63, 3.8) is 0 Å². The molecule has 1 aliphatic heterocycles. The fraction of sp³-hybridized carbons (Fsp3) is 0.421. The SMILES string of the molecule is COc1ccc(OC)c(NC(=O)CN2C(=O)[C@@H]3[C@@H](C2=O)[C@H]2C=C[C@H]3C2)c1. The number of likely N-dealkylation sites (tertiary alicyclic amines) is 1. The molecule has 0 unspecified atom stereocenters. The Balaban J connectivity index is 1.48. The topological polar surface area (TPSA) is 84.9 Å². The molecule has 1 aromatic carbocycles. The van der Waals surface area contributed by atoms with Gasteiger partial charge in [-0.05, 0) is 30.4 Å². The van der Waals surface area contributed by atoms with E-state index in [1.54, 1.807) is 18.2 Å². The molecular formula is C19H20N2O5. The van der Waals surface area contributed by atoms with Crippen LogP contribution >= 0.6 is 0 Å². The van der Waals surface area contributed by atoms with E-state index in [2.05, 4.69) is 5.32 Å². The summed E-state index contributed by atoms with van der Waals surface area (Å²) in [7, 11) is 3.02. The Hall–Kier alpha value is -2.83. The van der Waals surface area contributed by atoms with E-state index in [-0.39, 0.29) is 42.0 Å². The minimum atomic E-state index is -0.446. The fourth-order valence-electron chi connectivity index (χ4n) is 4.36. The van der Waals surface area contributed by atoms with Crippen LogP contribution in [0.4, 0.5) is 5.69 Å². The largest absolute Gasteiger partial charge is 0.497 e. The highest BCUT2D eigenvalue weighted by atomic mass is 16.5. The zero-order valence-corrected chi connectivity index (χ0v) is 14.6. The number of carbonyl (C=O) groups excluding carboxylic acids is 3. The smallest absolute Gasteiger partial charge is 0.244 e. The first kappa shape index (κ1) is 16.6. The van der Waals surface area contributed by atoms with Crippen molar-refractivity contribution in [3.8, 4) is 11.5 Å². The van der Waals surface area contributed by atoms with Gasteiger partial charge in [0.05, 0.1) is 31.7 Å². The van der Waals surface area contributed by atoms with Crippen LogP contribution in [-0.2, 0) is 14.4 Å². The first-order valence-corrected chi connectivity index (χ1v) is 8.59. The lowest BCUT2D eigenvalue weighted by molar-refractivity contribution is -0.143. The number of hydrogen-bond acceptors (Lipinski definition) is 5. The number of rotatable bonds is 5. The van der Waals surface area contributed by atoms with E-state index in [1.807, 2.05) is 12.2 Å². The standard InChI is InChI=1S/C19H20N2O5/c1-25-12-5-6-14(26-2)13(8-12)20-15(22)9-21-18(23)16-10-3-4-11(7-10)17(16)19(21)24/h3-6,8,10-11,16-17H,7,9H2,1-2H3,(H,20,22)/t10-,11-,16-,17-/m0/s1. The van der Waals surface area contributed by atoms with Crippen LogP contribution in [0.15, 0.2) is 30.4 Å². The number of carbonyl (C=O) groups is 3. The number of methoxy groups -OCH3 is 2. The summed E-state index contributed by atoms with van der Waals surface area (Å²) >= 11 is 0. The molecule has 7 heteroatoms. The van der Waals surface area contributed by atoms with Crippen LogP contribution in [-0.4, -0.2) is 43.4 Å². The van der Waals surface area contributed by atoms with E-state index in [0.717, 1.165) is 11.3 Å². The maximum absolute atomic E-state index is 12.6. The number of imide groups is 1. The van der Waals surface area contributed by atoms with E-state index in [4.69, 9.17) is 9.47 Å². The van der Waals surface area contributed by atoms with Gasteiger partial charge >= 0.3 is 0 Å². The number of benzene rings is 1. The highest BCUT2D eigenvalue weighted by molar-refractivity contribution is 6.09. The van der Waals surface area contributed by atoms with Gasteiger partial charge in [-0.25, -0.2) is 0 Å². The molecule has 1 aromatic rings. The summed E-state index contributed by atoms with van der Waals surface area (Å²) in [5, 5.41) is 2.70. The van der Waals surface area contributed by atoms with Crippen molar-refractivity contribution in [2.75, 3.05) is 26.1 Å². The second-order valence-electron chi connectivity index (χ2n) is 6.88. The van der Waals surface area contributed by atoms with Crippen LogP contribution in [0, 0.1) is 23.7 Å². The molecule has 4 rings (SSSR count). The number of anilines is 1. The molecule has 1 saturated heterocycles. The van der Waals surface area contributed by atoms with Crippen LogP contribution < -0.4 is 14.8 Å². The highest BCUT2D eigenvalue weighted by Crippen LogP contribution is 2.52. The van der Waals surface area contributed by atoms with Gasteiger partial charge in [0.25, 0.3) is 0 Å². The molecular weight excluding hydrogens is 336 g/mol. The third-order valence-corrected chi connectivity index (χ3v) is 5.54. The van der Waals surface area contributed by atoms with Gasteiger partial charge < -0.3 is 14.8 Å². The Labute approximate surface area is 150 Å². The molecule has 0 spiro atoms. The van der Waals surface area contributed by atoms with Crippen LogP contribution in [0.2, 0.25) is 0 Å². The molecule has 1 heterocycles. The summed E-state index contributed by atoms with van der Waals surface area (Å²) in [4.78, 5) is 38.8. The fourth-order valence-corrected chi connectivity index (χ4v) is 4.36. The van der Waals surface area contributed by atoms with Crippen LogP contribution in [0.5, 0.6) is 11.5 Å². The maximum atomic E-state index is 12.6. The summed E-state index contributed by atoms with van der Waals surface area (Å²) in [5.41, 5.74) is 0.429. The third-order valence-electron chi connectivity index (χ3n) is 5.54. The zero-order valence-electron chi connectivity index (χ0n) is 14.6. The molecule has 0 aromatic heterocycles. The normalized spacial score (nSPS) is 28.5. The third kappa shape index (κ3) is 2.46. The van der Waals surface area contributed by atoms with Crippen molar-refractivity contribution in [2.24, 2.45) is 23.7 Å². The molecule has 0 radical (unpaired) electrons. The molecule has 3 aliphatic rings. The Morgan fingerprint density at radius 1 is 1.12 bits per heavy atom. The van der Waals surface area contributed by atoms with Gasteiger partial charge in [0.2, 0.25) is 17.7 Å². The van der Waals surface area contributed by atoms with E-state index in [0.29, 0.717) is 17.2 Å². The number of fused-ring (bicyclic) bond motifs is 5. The predicted octanol–water partition coefficient (Wildman–Crippen LogP) is 1.45. The Bertz CT molecular complexity index is 788. The average molecular weight is 356 g/mol. The second-order valence-corrected chi connectivity index (χ2v) is 6.88. The van der Waals surface area contributed by atoms with Gasteiger partial charge in [0.15, 0.2) is 0 Å². The number of amides is 3. The summed E-state index contributed by atoms with van der Waals surface area (Å²) < 4.78 is 10.4. The Morgan fingerprint density at radius 2 is 1.77 bits per heavy atom. The van der Waals surface area contributed by atoms with Crippen molar-refractivity contribution in [3.05, 3.63) is 30.4 Å². The average Bonchev–Trinajstić information content (AvgIpc) is 3.31. The monoisotopic (exact) mass is 356 g/mol. The lowest BCUT2D eigenvalue weighted by Gasteiger charge is -2.17. The van der Waals surface area contributed by atoms with Gasteiger partial charge in [0, 0.05) is 6.07 Å². The van der Waals surface area contributed by atoms with Gasteiger partial charge in [-0.1, -0.05) is 12.2 Å². The molecule has 136 valence electrons. The Kier molecular flexibility index (Phi) is 3.94. The molecule has 3 amide bonds. The van der Waals surface area contributed by atoms with Gasteiger partial charge in [-0.2, -0.15) is 0 Å². The quantitative estimate of drug-likeness (QED) is 0.638. The number of nitrogens with zero attached hydrogens (tertiary/aromatic N) is 1. The van der Waals surface area contributed by atoms with E-state index in [1.165, 1.54) is 14.2 Å². The number of allylic oxidation sites excluding steroid dienone is 2. The van der Waals surface area contributed by atoms with Gasteiger partial charge in [-0.3, -0.25) is 19.3 Å². The van der Waals surface area contributed by atoms with Crippen LogP contribution in [0.3, 0.4) is 0 Å². The predicted molar refractivity (Wildman–Crippen MR) is 92.6 cm³/mol. The van der Waals surface area contributed by atoms with Crippen molar-refractivity contribution in [2.45, 2.75) is 6.42 Å². The Morgan fingerprint density at radius 3 is 2.35 bits per heavy atom. The van der Waals surface area contributed by atoms with Crippen molar-refractivity contribution < 1.29 is 23.9 Å². The number of ether oxygens (including phenoxy) is 2. The van der Waals surface area contributed by atoms with E-state index >= 15 is 0 Å². The van der Waals surface area contributed by atoms with Crippen molar-refractivity contribution in [1.82, 2.24) is 4.90 Å². The molecule has 7 nitrogen and oxygen atoms in total. The molecule has 2 bridgehead atoms. The first-order chi connectivity index (χ1) is 12.5. The lowest BCUT2D eigenvalue weighted by atomic mass is 9.85. The molecule has 4 atom stereocenters. The number of nitrogens with one attached hydrogen (secondary N) is 1.